The van der Waals surface area contributed by atoms with Gasteiger partial charge < -0.3 is 15.9 Å². The van der Waals surface area contributed by atoms with Crippen LogP contribution in [0.2, 0.25) is 0 Å². The van der Waals surface area contributed by atoms with E-state index in [1.54, 1.807) is 0 Å². The summed E-state index contributed by atoms with van der Waals surface area (Å²) in [6, 6.07) is 6.54. The minimum absolute atomic E-state index is 0.558. The summed E-state index contributed by atoms with van der Waals surface area (Å²) < 4.78 is 3.33. The van der Waals surface area contributed by atoms with E-state index in [1.165, 1.54) is 25.9 Å². The highest BCUT2D eigenvalue weighted by atomic mass is 32.1. The number of fused-ring (bicyclic) bond motifs is 3. The smallest absolute Gasteiger partial charge is 0.328 e. The number of aryl methyl sites for hydroxylation is 1. The summed E-state index contributed by atoms with van der Waals surface area (Å²) in [4.78, 5) is 20.4. The number of benzene rings is 1. The molecule has 1 aromatic carbocycles. The topological polar surface area (TPSA) is 118 Å². The number of aliphatic carboxylic acids is 2. The van der Waals surface area contributed by atoms with Gasteiger partial charge >= 0.3 is 11.9 Å². The average molecular weight is 347 g/mol. The highest BCUT2D eigenvalue weighted by molar-refractivity contribution is 7.19. The lowest BCUT2D eigenvalue weighted by molar-refractivity contribution is -0.134. The molecule has 2 heterocycles. The van der Waals surface area contributed by atoms with Gasteiger partial charge in [0.05, 0.1) is 18.3 Å². The zero-order valence-corrected chi connectivity index (χ0v) is 13.8. The molecule has 0 fully saturated rings. The van der Waals surface area contributed by atoms with Crippen molar-refractivity contribution >= 4 is 44.3 Å². The number of rotatable bonds is 4. The first-order valence-electron chi connectivity index (χ1n) is 7.11. The molecule has 0 aliphatic carbocycles. The Labute approximate surface area is 141 Å². The lowest BCUT2D eigenvalue weighted by atomic mass is 10.2. The molecule has 0 bridgehead atoms. The van der Waals surface area contributed by atoms with Gasteiger partial charge in [-0.1, -0.05) is 0 Å². The van der Waals surface area contributed by atoms with Gasteiger partial charge in [0, 0.05) is 39.0 Å². The van der Waals surface area contributed by atoms with E-state index in [4.69, 9.17) is 15.9 Å². The third-order valence-electron chi connectivity index (χ3n) is 3.13. The zero-order valence-electron chi connectivity index (χ0n) is 13.0. The number of carboxylic acid groups (broad SMARTS) is 2. The van der Waals surface area contributed by atoms with Crippen LogP contribution in [0.1, 0.15) is 4.88 Å². The van der Waals surface area contributed by atoms with Gasteiger partial charge in [-0.05, 0) is 25.1 Å². The molecule has 0 aliphatic heterocycles. The van der Waals surface area contributed by atoms with Crippen LogP contribution in [0.15, 0.2) is 36.5 Å². The molecule has 126 valence electrons. The number of hydrogen-bond acceptors (Lipinski definition) is 5. The maximum Gasteiger partial charge on any atom is 0.328 e. The molecule has 8 heteroatoms. The molecule has 7 nitrogen and oxygen atoms in total. The lowest BCUT2D eigenvalue weighted by Gasteiger charge is -2.01. The van der Waals surface area contributed by atoms with E-state index in [9.17, 15) is 9.59 Å². The van der Waals surface area contributed by atoms with Crippen LogP contribution < -0.4 is 5.73 Å². The normalized spacial score (nSPS) is 10.9. The summed E-state index contributed by atoms with van der Waals surface area (Å²) >= 11 is 1.82. The van der Waals surface area contributed by atoms with Gasteiger partial charge in [-0.3, -0.25) is 4.68 Å². The molecule has 0 saturated carbocycles. The Morgan fingerprint density at radius 3 is 2.54 bits per heavy atom. The average Bonchev–Trinajstić information content (AvgIpc) is 3.08. The first-order valence-corrected chi connectivity index (χ1v) is 7.92. The largest absolute Gasteiger partial charge is 0.478 e. The molecule has 0 saturated heterocycles. The fourth-order valence-electron chi connectivity index (χ4n) is 2.26. The monoisotopic (exact) mass is 347 g/mol. The van der Waals surface area contributed by atoms with E-state index in [0.717, 1.165) is 6.54 Å². The van der Waals surface area contributed by atoms with Crippen molar-refractivity contribution in [2.75, 3.05) is 6.54 Å². The first kappa shape index (κ1) is 17.6. The number of nitrogens with zero attached hydrogens (tertiary/aromatic N) is 2. The minimum Gasteiger partial charge on any atom is -0.478 e. The number of carboxylic acids is 2. The molecule has 2 aromatic heterocycles. The lowest BCUT2D eigenvalue weighted by Crippen LogP contribution is -2.10. The second-order valence-electron chi connectivity index (χ2n) is 4.94. The second kappa shape index (κ2) is 7.71. The summed E-state index contributed by atoms with van der Waals surface area (Å²) in [5.74, 6) is -2.51. The third-order valence-corrected chi connectivity index (χ3v) is 4.15. The molecule has 0 amide bonds. The summed E-state index contributed by atoms with van der Waals surface area (Å²) in [5, 5.41) is 22.5. The molecule has 3 rings (SSSR count). The minimum atomic E-state index is -1.26. The number of carbonyl (C=O) groups is 2. The summed E-state index contributed by atoms with van der Waals surface area (Å²) in [6.45, 7) is 3.54. The van der Waals surface area contributed by atoms with E-state index in [2.05, 4.69) is 30.2 Å². The second-order valence-corrected chi connectivity index (χ2v) is 6.23. The van der Waals surface area contributed by atoms with Crippen molar-refractivity contribution in [3.05, 3.63) is 41.4 Å². The quantitative estimate of drug-likeness (QED) is 0.623. The number of hydrogen-bond donors (Lipinski definition) is 3. The SMILES string of the molecule is Cc1cc2c(ccc3cnn(CCN)c32)s1.O=C(O)/C=C/C(=O)O. The summed E-state index contributed by atoms with van der Waals surface area (Å²) in [7, 11) is 0. The molecule has 0 aliphatic rings. The fraction of sp³-hybridized carbons (Fsp3) is 0.188. The van der Waals surface area contributed by atoms with Crippen molar-refractivity contribution in [1.82, 2.24) is 9.78 Å². The van der Waals surface area contributed by atoms with Crippen molar-refractivity contribution < 1.29 is 19.8 Å². The fourth-order valence-corrected chi connectivity index (χ4v) is 3.18. The Balaban J connectivity index is 0.000000224. The highest BCUT2D eigenvalue weighted by Gasteiger charge is 2.08. The number of nitrogens with two attached hydrogens (primary N) is 1. The molecule has 0 atom stereocenters. The van der Waals surface area contributed by atoms with Gasteiger partial charge in [-0.2, -0.15) is 5.10 Å². The molecule has 0 unspecified atom stereocenters. The molecule has 3 aromatic rings. The highest BCUT2D eigenvalue weighted by Crippen LogP contribution is 2.31. The molecule has 24 heavy (non-hydrogen) atoms. The van der Waals surface area contributed by atoms with Crippen LogP contribution in [0.4, 0.5) is 0 Å². The van der Waals surface area contributed by atoms with Gasteiger partial charge in [-0.15, -0.1) is 11.3 Å². The first-order chi connectivity index (χ1) is 11.4. The molecular weight excluding hydrogens is 330 g/mol. The van der Waals surface area contributed by atoms with Crippen LogP contribution in [-0.2, 0) is 16.1 Å². The van der Waals surface area contributed by atoms with Crippen molar-refractivity contribution in [3.8, 4) is 0 Å². The van der Waals surface area contributed by atoms with Crippen LogP contribution in [0.25, 0.3) is 21.0 Å². The van der Waals surface area contributed by atoms with Crippen LogP contribution in [0.5, 0.6) is 0 Å². The van der Waals surface area contributed by atoms with E-state index in [-0.39, 0.29) is 0 Å². The summed E-state index contributed by atoms with van der Waals surface area (Å²) in [6.07, 6.45) is 3.03. The third kappa shape index (κ3) is 4.18. The standard InChI is InChI=1S/C12H13N3S.C4H4O4/c1-8-6-10-11(16-8)3-2-9-7-14-15(5-4-13)12(9)10;5-3(6)1-2-4(7)8/h2-3,6-7H,4-5,13H2,1H3;1-2H,(H,5,6)(H,7,8)/b;2-1+. The van der Waals surface area contributed by atoms with Crippen LogP contribution in [-0.4, -0.2) is 38.5 Å². The van der Waals surface area contributed by atoms with Crippen molar-refractivity contribution in [2.24, 2.45) is 5.73 Å². The Bertz CT molecular complexity index is 895. The predicted molar refractivity (Wildman–Crippen MR) is 93.3 cm³/mol. The Hall–Kier alpha value is -2.71. The van der Waals surface area contributed by atoms with Crippen molar-refractivity contribution in [2.45, 2.75) is 13.5 Å². The van der Waals surface area contributed by atoms with Crippen molar-refractivity contribution in [3.63, 3.8) is 0 Å². The number of aromatic nitrogens is 2. The van der Waals surface area contributed by atoms with E-state index < -0.39 is 11.9 Å². The Morgan fingerprint density at radius 2 is 1.96 bits per heavy atom. The molecule has 0 spiro atoms. The maximum absolute atomic E-state index is 9.55. The zero-order chi connectivity index (χ0) is 17.7. The van der Waals surface area contributed by atoms with Gasteiger partial charge in [-0.25, -0.2) is 9.59 Å². The van der Waals surface area contributed by atoms with Crippen LogP contribution in [0.3, 0.4) is 0 Å². The van der Waals surface area contributed by atoms with E-state index >= 15 is 0 Å². The van der Waals surface area contributed by atoms with Crippen molar-refractivity contribution in [1.29, 1.82) is 0 Å². The molecule has 0 radical (unpaired) electrons. The number of thiophene rings is 1. The molecular formula is C16H17N3O4S. The maximum atomic E-state index is 9.55. The summed E-state index contributed by atoms with van der Waals surface area (Å²) in [5.41, 5.74) is 6.82. The van der Waals surface area contributed by atoms with Gasteiger partial charge in [0.2, 0.25) is 0 Å². The molecule has 4 N–H and O–H groups in total. The van der Waals surface area contributed by atoms with Gasteiger partial charge in [0.25, 0.3) is 0 Å². The van der Waals surface area contributed by atoms with E-state index in [0.29, 0.717) is 18.7 Å². The Morgan fingerprint density at radius 1 is 1.29 bits per heavy atom. The van der Waals surface area contributed by atoms with Crippen LogP contribution >= 0.6 is 11.3 Å². The van der Waals surface area contributed by atoms with Gasteiger partial charge in [0.1, 0.15) is 0 Å². The predicted octanol–water partition coefficient (Wildman–Crippen LogP) is 2.23. The van der Waals surface area contributed by atoms with Gasteiger partial charge in [0.15, 0.2) is 0 Å². The van der Waals surface area contributed by atoms with Crippen LogP contribution in [0, 0.1) is 6.92 Å². The Kier molecular flexibility index (Phi) is 5.67. The van der Waals surface area contributed by atoms with E-state index in [1.807, 2.05) is 22.2 Å².